The lowest BCUT2D eigenvalue weighted by molar-refractivity contribution is -0.138. The van der Waals surface area contributed by atoms with Crippen LogP contribution in [0, 0.1) is 0 Å². The van der Waals surface area contributed by atoms with E-state index in [9.17, 15) is 26.4 Å². The molecule has 2 N–H and O–H groups in total. The van der Waals surface area contributed by atoms with Gasteiger partial charge in [-0.2, -0.15) is 13.2 Å². The van der Waals surface area contributed by atoms with Crippen LogP contribution in [0.4, 0.5) is 18.9 Å². The van der Waals surface area contributed by atoms with Gasteiger partial charge in [0.05, 0.1) is 15.5 Å². The predicted octanol–water partition coefficient (Wildman–Crippen LogP) is 4.18. The Labute approximate surface area is 152 Å². The molecule has 0 heterocycles. The summed E-state index contributed by atoms with van der Waals surface area (Å²) in [6, 6.07) is 8.08. The second kappa shape index (κ2) is 7.55. The van der Waals surface area contributed by atoms with E-state index in [1.165, 1.54) is 24.3 Å². The summed E-state index contributed by atoms with van der Waals surface area (Å²) in [7, 11) is -4.11. The lowest BCUT2D eigenvalue weighted by Crippen LogP contribution is -2.14. The quantitative estimate of drug-likeness (QED) is 0.752. The number of sulfonamides is 1. The Bertz CT molecular complexity index is 912. The van der Waals surface area contributed by atoms with Crippen molar-refractivity contribution in [2.24, 2.45) is 0 Å². The molecule has 140 valence electrons. The minimum Gasteiger partial charge on any atom is -0.481 e. The van der Waals surface area contributed by atoms with Crippen molar-refractivity contribution >= 4 is 33.3 Å². The summed E-state index contributed by atoms with van der Waals surface area (Å²) in [5, 5.41) is 8.09. The maximum absolute atomic E-state index is 12.9. The average Bonchev–Trinajstić information content (AvgIpc) is 2.54. The molecule has 0 spiro atoms. The molecule has 0 aliphatic heterocycles. The van der Waals surface area contributed by atoms with E-state index in [0.717, 1.165) is 12.1 Å². The average molecular weight is 408 g/mol. The Morgan fingerprint density at radius 3 is 2.27 bits per heavy atom. The van der Waals surface area contributed by atoms with Gasteiger partial charge < -0.3 is 5.11 Å². The molecule has 26 heavy (non-hydrogen) atoms. The van der Waals surface area contributed by atoms with Crippen LogP contribution in [-0.4, -0.2) is 19.5 Å². The fourth-order valence-electron chi connectivity index (χ4n) is 2.11. The van der Waals surface area contributed by atoms with Gasteiger partial charge >= 0.3 is 12.1 Å². The summed E-state index contributed by atoms with van der Waals surface area (Å²) in [6.07, 6.45) is -4.59. The van der Waals surface area contributed by atoms with Crippen molar-refractivity contribution in [3.05, 3.63) is 58.6 Å². The first kappa shape index (κ1) is 20.1. The molecule has 5 nitrogen and oxygen atoms in total. The first-order valence-electron chi connectivity index (χ1n) is 7.19. The second-order valence-electron chi connectivity index (χ2n) is 5.34. The molecule has 0 fully saturated rings. The minimum atomic E-state index is -4.72. The van der Waals surface area contributed by atoms with Gasteiger partial charge in [0.25, 0.3) is 10.0 Å². The summed E-state index contributed by atoms with van der Waals surface area (Å²) in [5.74, 6) is -0.980. The van der Waals surface area contributed by atoms with Crippen LogP contribution in [-0.2, 0) is 27.4 Å². The monoisotopic (exact) mass is 407 g/mol. The molecule has 0 aliphatic rings. The van der Waals surface area contributed by atoms with Gasteiger partial charge in [0.2, 0.25) is 0 Å². The van der Waals surface area contributed by atoms with Crippen LogP contribution in [0.25, 0.3) is 0 Å². The third kappa shape index (κ3) is 5.12. The van der Waals surface area contributed by atoms with Crippen molar-refractivity contribution < 1.29 is 31.5 Å². The number of hydrogen-bond donors (Lipinski definition) is 2. The smallest absolute Gasteiger partial charge is 0.417 e. The number of carbonyl (C=O) groups is 1. The number of nitrogens with one attached hydrogen (secondary N) is 1. The van der Waals surface area contributed by atoms with Gasteiger partial charge in [-0.15, -0.1) is 0 Å². The van der Waals surface area contributed by atoms with Gasteiger partial charge in [-0.25, -0.2) is 8.42 Å². The highest BCUT2D eigenvalue weighted by Gasteiger charge is 2.33. The fraction of sp³-hybridized carbons (Fsp3) is 0.188. The van der Waals surface area contributed by atoms with Gasteiger partial charge in [0, 0.05) is 12.1 Å². The molecular formula is C16H13ClF3NO4S. The molecule has 2 aromatic carbocycles. The van der Waals surface area contributed by atoms with Gasteiger partial charge in [-0.05, 0) is 42.3 Å². The van der Waals surface area contributed by atoms with E-state index in [0.29, 0.717) is 11.6 Å². The molecule has 0 bridgehead atoms. The topological polar surface area (TPSA) is 83.5 Å². The number of alkyl halides is 3. The molecule has 2 rings (SSSR count). The lowest BCUT2D eigenvalue weighted by Gasteiger charge is -2.13. The van der Waals surface area contributed by atoms with Crippen LogP contribution in [0.3, 0.4) is 0 Å². The van der Waals surface area contributed by atoms with Crippen molar-refractivity contribution in [3.63, 3.8) is 0 Å². The van der Waals surface area contributed by atoms with E-state index in [1.807, 2.05) is 0 Å². The fourth-order valence-corrected chi connectivity index (χ4v) is 3.38. The van der Waals surface area contributed by atoms with Crippen molar-refractivity contribution in [2.75, 3.05) is 4.72 Å². The third-order valence-electron chi connectivity index (χ3n) is 3.39. The summed E-state index contributed by atoms with van der Waals surface area (Å²) in [6.45, 7) is 0. The zero-order chi connectivity index (χ0) is 19.5. The lowest BCUT2D eigenvalue weighted by atomic mass is 10.1. The van der Waals surface area contributed by atoms with E-state index in [4.69, 9.17) is 16.7 Å². The predicted molar refractivity (Wildman–Crippen MR) is 89.7 cm³/mol. The van der Waals surface area contributed by atoms with Crippen molar-refractivity contribution in [1.29, 1.82) is 0 Å². The van der Waals surface area contributed by atoms with Crippen LogP contribution in [0.1, 0.15) is 17.5 Å². The highest BCUT2D eigenvalue weighted by Crippen LogP contribution is 2.36. The summed E-state index contributed by atoms with van der Waals surface area (Å²) in [5.41, 5.74) is -0.808. The molecule has 0 saturated heterocycles. The van der Waals surface area contributed by atoms with E-state index >= 15 is 0 Å². The van der Waals surface area contributed by atoms with Crippen molar-refractivity contribution in [1.82, 2.24) is 0 Å². The number of carboxylic acids is 1. The van der Waals surface area contributed by atoms with Crippen LogP contribution in [0.5, 0.6) is 0 Å². The zero-order valence-corrected chi connectivity index (χ0v) is 14.6. The Hall–Kier alpha value is -2.26. The number of benzene rings is 2. The summed E-state index contributed by atoms with van der Waals surface area (Å²) in [4.78, 5) is 10.4. The van der Waals surface area contributed by atoms with Crippen LogP contribution < -0.4 is 4.72 Å². The van der Waals surface area contributed by atoms with Crippen LogP contribution >= 0.6 is 11.6 Å². The number of rotatable bonds is 6. The molecule has 0 amide bonds. The first-order valence-corrected chi connectivity index (χ1v) is 9.05. The second-order valence-corrected chi connectivity index (χ2v) is 7.43. The Morgan fingerprint density at radius 1 is 1.12 bits per heavy atom. The summed E-state index contributed by atoms with van der Waals surface area (Å²) < 4.78 is 65.2. The van der Waals surface area contributed by atoms with E-state index in [1.54, 1.807) is 0 Å². The Kier molecular flexibility index (Phi) is 5.82. The van der Waals surface area contributed by atoms with Crippen molar-refractivity contribution in [2.45, 2.75) is 23.9 Å². The van der Waals surface area contributed by atoms with Gasteiger partial charge in [0.1, 0.15) is 0 Å². The number of aryl methyl sites for hydroxylation is 1. The Morgan fingerprint density at radius 2 is 1.73 bits per heavy atom. The van der Waals surface area contributed by atoms with Crippen molar-refractivity contribution in [3.8, 4) is 0 Å². The molecule has 0 atom stereocenters. The van der Waals surface area contributed by atoms with Gasteiger partial charge in [0.15, 0.2) is 0 Å². The minimum absolute atomic E-state index is 0.102. The van der Waals surface area contributed by atoms with Crippen LogP contribution in [0.15, 0.2) is 47.4 Å². The molecule has 0 aromatic heterocycles. The number of aliphatic carboxylic acids is 1. The largest absolute Gasteiger partial charge is 0.481 e. The number of carboxylic acid groups (broad SMARTS) is 1. The molecule has 0 aliphatic carbocycles. The van der Waals surface area contributed by atoms with E-state index < -0.39 is 32.8 Å². The highest BCUT2D eigenvalue weighted by molar-refractivity contribution is 7.92. The van der Waals surface area contributed by atoms with E-state index in [2.05, 4.69) is 4.72 Å². The van der Waals surface area contributed by atoms with Gasteiger partial charge in [-0.1, -0.05) is 23.7 Å². The number of halogens is 4. The molecule has 2 aromatic rings. The van der Waals surface area contributed by atoms with Crippen LogP contribution in [0.2, 0.25) is 5.02 Å². The maximum Gasteiger partial charge on any atom is 0.417 e. The normalized spacial score (nSPS) is 12.0. The third-order valence-corrected chi connectivity index (χ3v) is 5.11. The first-order chi connectivity index (χ1) is 12.0. The molecule has 0 unspecified atom stereocenters. The van der Waals surface area contributed by atoms with Gasteiger partial charge in [-0.3, -0.25) is 9.52 Å². The number of hydrogen-bond acceptors (Lipinski definition) is 3. The molecule has 0 saturated carbocycles. The Balaban J connectivity index is 2.22. The maximum atomic E-state index is 12.9. The number of anilines is 1. The standard InChI is InChI=1S/C16H13ClF3NO4S/c17-14-7-4-11(9-13(14)16(18,19)20)21-26(24,25)12-5-1-10(2-6-12)3-8-15(22)23/h1-2,4-7,9,21H,3,8H2,(H,22,23). The zero-order valence-electron chi connectivity index (χ0n) is 13.0. The molecular weight excluding hydrogens is 395 g/mol. The molecule has 10 heteroatoms. The SMILES string of the molecule is O=C(O)CCc1ccc(S(=O)(=O)Nc2ccc(Cl)c(C(F)(F)F)c2)cc1. The van der Waals surface area contributed by atoms with E-state index in [-0.39, 0.29) is 23.4 Å². The summed E-state index contributed by atoms with van der Waals surface area (Å²) >= 11 is 5.50. The highest BCUT2D eigenvalue weighted by atomic mass is 35.5. The molecule has 0 radical (unpaired) electrons.